The standard InChI is InChI=1S/C49H52N5O14P/c1-31-27-53(47(58)51-45(31)56)43-25-39(65-33(3)55)42(67-43)30-64-69(60,63-24-21-34-19-22-50-23-20-34)68-40-26-44(54-28-32(2)46(57)52-48(54)59)66-41(40)29-62-49(35-11-7-5-8-12-35,36-13-9-6-10-14-36)37-15-17-38(61-4)18-16-37/h5-20,22-23,27-28,39-44H,21,24-26,29-30H2,1-4H3,(H,51,56,58)(H,52,57,59)/t39-,40-,41+,42+,43+,44+,69?/m0/s1. The summed E-state index contributed by atoms with van der Waals surface area (Å²) in [5, 5.41) is 0. The number of carbonyl (C=O) groups is 1. The Balaban J connectivity index is 1.15. The fraction of sp³-hybridized carbons (Fsp3) is 0.347. The number of methoxy groups -OCH3 is 1. The Kier molecular flexibility index (Phi) is 15.1. The van der Waals surface area contributed by atoms with Crippen LogP contribution in [0.1, 0.15) is 65.6 Å². The molecule has 8 rings (SSSR count). The van der Waals surface area contributed by atoms with Gasteiger partial charge in [-0.05, 0) is 66.8 Å². The zero-order valence-electron chi connectivity index (χ0n) is 38.3. The van der Waals surface area contributed by atoms with Gasteiger partial charge in [0.15, 0.2) is 0 Å². The van der Waals surface area contributed by atoms with Gasteiger partial charge < -0.3 is 23.7 Å². The molecule has 19 nitrogen and oxygen atoms in total. The van der Waals surface area contributed by atoms with E-state index in [1.165, 1.54) is 35.4 Å². The second-order valence-electron chi connectivity index (χ2n) is 16.6. The highest BCUT2D eigenvalue weighted by molar-refractivity contribution is 7.48. The molecule has 20 heteroatoms. The van der Waals surface area contributed by atoms with Gasteiger partial charge in [0, 0.05) is 55.7 Å². The Hall–Kier alpha value is -6.57. The van der Waals surface area contributed by atoms with E-state index in [2.05, 4.69) is 15.0 Å². The molecule has 0 aliphatic carbocycles. The Morgan fingerprint density at radius 1 is 0.725 bits per heavy atom. The maximum absolute atomic E-state index is 15.3. The number of hydrogen-bond donors (Lipinski definition) is 2. The fourth-order valence-corrected chi connectivity index (χ4v) is 9.87. The van der Waals surface area contributed by atoms with Crippen LogP contribution < -0.4 is 27.2 Å². The summed E-state index contributed by atoms with van der Waals surface area (Å²) in [6.45, 7) is 3.39. The van der Waals surface area contributed by atoms with Gasteiger partial charge in [-0.1, -0.05) is 72.8 Å². The number of phosphoric ester groups is 1. The number of pyridine rings is 1. The number of carbonyl (C=O) groups excluding carboxylic acids is 1. The van der Waals surface area contributed by atoms with Crippen LogP contribution in [0.5, 0.6) is 5.75 Å². The Morgan fingerprint density at radius 2 is 1.25 bits per heavy atom. The van der Waals surface area contributed by atoms with Crippen molar-refractivity contribution in [2.45, 2.75) is 82.5 Å². The lowest BCUT2D eigenvalue weighted by atomic mass is 9.80. The molecule has 2 N–H and O–H groups in total. The van der Waals surface area contributed by atoms with Gasteiger partial charge in [-0.3, -0.25) is 52.0 Å². The number of phosphoric acid groups is 1. The quantitative estimate of drug-likeness (QED) is 0.0589. The van der Waals surface area contributed by atoms with Crippen molar-refractivity contribution >= 4 is 13.8 Å². The molecule has 0 radical (unpaired) electrons. The van der Waals surface area contributed by atoms with E-state index in [0.29, 0.717) is 5.75 Å². The summed E-state index contributed by atoms with van der Waals surface area (Å²) in [5.74, 6) is -0.0163. The monoisotopic (exact) mass is 965 g/mol. The summed E-state index contributed by atoms with van der Waals surface area (Å²) in [6.07, 6.45) is -0.315. The van der Waals surface area contributed by atoms with Gasteiger partial charge in [-0.2, -0.15) is 0 Å². The Bertz CT molecular complexity index is 2960. The highest BCUT2D eigenvalue weighted by Crippen LogP contribution is 2.54. The molecule has 1 unspecified atom stereocenters. The van der Waals surface area contributed by atoms with Gasteiger partial charge in [0.1, 0.15) is 48.2 Å². The van der Waals surface area contributed by atoms with E-state index < -0.39 is 85.4 Å². The molecule has 2 aliphatic rings. The van der Waals surface area contributed by atoms with E-state index in [-0.39, 0.29) is 43.6 Å². The Labute approximate surface area is 395 Å². The van der Waals surface area contributed by atoms with Crippen molar-refractivity contribution in [2.75, 3.05) is 26.9 Å². The normalized spacial score (nSPS) is 21.2. The van der Waals surface area contributed by atoms with E-state index in [4.69, 9.17) is 37.3 Å². The number of benzene rings is 3. The largest absolute Gasteiger partial charge is 0.497 e. The summed E-state index contributed by atoms with van der Waals surface area (Å²) in [7, 11) is -3.13. The summed E-state index contributed by atoms with van der Waals surface area (Å²) in [4.78, 5) is 71.9. The highest BCUT2D eigenvalue weighted by Gasteiger charge is 2.47. The molecule has 5 heterocycles. The Morgan fingerprint density at radius 3 is 1.78 bits per heavy atom. The van der Waals surface area contributed by atoms with E-state index in [1.807, 2.05) is 84.9 Å². The smallest absolute Gasteiger partial charge is 0.475 e. The molecule has 2 aliphatic heterocycles. The van der Waals surface area contributed by atoms with E-state index >= 15 is 4.57 Å². The molecule has 0 amide bonds. The molecule has 6 aromatic rings. The number of aromatic amines is 2. The molecule has 2 saturated heterocycles. The molecule has 3 aromatic carbocycles. The van der Waals surface area contributed by atoms with Gasteiger partial charge >= 0.3 is 25.2 Å². The number of ether oxygens (including phenoxy) is 5. The van der Waals surface area contributed by atoms with Crippen LogP contribution in [0, 0.1) is 13.8 Å². The number of nitrogens with zero attached hydrogens (tertiary/aromatic N) is 3. The fourth-order valence-electron chi connectivity index (χ4n) is 8.47. The number of aromatic nitrogens is 5. The van der Waals surface area contributed by atoms with Gasteiger partial charge in [-0.15, -0.1) is 0 Å². The second kappa shape index (κ2) is 21.4. The van der Waals surface area contributed by atoms with Gasteiger partial charge in [0.2, 0.25) is 0 Å². The summed E-state index contributed by atoms with van der Waals surface area (Å²) in [6, 6.07) is 30.2. The number of esters is 1. The highest BCUT2D eigenvalue weighted by atomic mass is 31.2. The van der Waals surface area contributed by atoms with Crippen LogP contribution in [0.4, 0.5) is 0 Å². The zero-order chi connectivity index (χ0) is 48.7. The van der Waals surface area contributed by atoms with E-state index in [9.17, 15) is 24.0 Å². The number of rotatable bonds is 19. The van der Waals surface area contributed by atoms with Gasteiger partial charge in [0.25, 0.3) is 11.1 Å². The van der Waals surface area contributed by atoms with Crippen LogP contribution in [0.25, 0.3) is 0 Å². The van der Waals surface area contributed by atoms with Crippen LogP contribution in [0.15, 0.2) is 141 Å². The molecule has 2 fully saturated rings. The summed E-state index contributed by atoms with van der Waals surface area (Å²) < 4.78 is 67.4. The van der Waals surface area contributed by atoms with Crippen LogP contribution in [-0.4, -0.2) is 81.4 Å². The van der Waals surface area contributed by atoms with Crippen molar-refractivity contribution in [2.24, 2.45) is 0 Å². The maximum Gasteiger partial charge on any atom is 0.475 e. The van der Waals surface area contributed by atoms with Gasteiger partial charge in [0.05, 0.1) is 26.9 Å². The second-order valence-corrected chi connectivity index (χ2v) is 18.2. The third-order valence-electron chi connectivity index (χ3n) is 12.0. The minimum Gasteiger partial charge on any atom is -0.497 e. The number of aryl methyl sites for hydroxylation is 2. The summed E-state index contributed by atoms with van der Waals surface area (Å²) in [5.41, 5.74) is -0.324. The van der Waals surface area contributed by atoms with Crippen molar-refractivity contribution in [3.63, 3.8) is 0 Å². The van der Waals surface area contributed by atoms with Crippen LogP contribution in [0.3, 0.4) is 0 Å². The molecule has 0 saturated carbocycles. The number of H-pyrrole nitrogens is 2. The first kappa shape index (κ1) is 48.9. The lowest BCUT2D eigenvalue weighted by Crippen LogP contribution is -2.38. The lowest BCUT2D eigenvalue weighted by Gasteiger charge is -2.37. The molecule has 0 bridgehead atoms. The minimum absolute atomic E-state index is 0.0171. The molecular formula is C49H52N5O14P. The topological polar surface area (TPSA) is 231 Å². The van der Waals surface area contributed by atoms with Crippen molar-refractivity contribution in [1.29, 1.82) is 0 Å². The number of hydrogen-bond acceptors (Lipinski definition) is 15. The minimum atomic E-state index is -4.71. The maximum atomic E-state index is 15.3. The lowest BCUT2D eigenvalue weighted by molar-refractivity contribution is -0.150. The van der Waals surface area contributed by atoms with Crippen LogP contribution in [-0.2, 0) is 53.9 Å². The molecule has 0 spiro atoms. The molecule has 3 aromatic heterocycles. The van der Waals surface area contributed by atoms with Crippen molar-refractivity contribution < 1.29 is 46.6 Å². The number of nitrogens with one attached hydrogen (secondary N) is 2. The van der Waals surface area contributed by atoms with Crippen LogP contribution >= 0.6 is 7.82 Å². The van der Waals surface area contributed by atoms with Crippen molar-refractivity contribution in [3.8, 4) is 5.75 Å². The predicted molar refractivity (Wildman–Crippen MR) is 249 cm³/mol. The van der Waals surface area contributed by atoms with Gasteiger partial charge in [-0.25, -0.2) is 14.2 Å². The third-order valence-corrected chi connectivity index (χ3v) is 13.5. The average molecular weight is 966 g/mol. The third kappa shape index (κ3) is 11.2. The first-order valence-corrected chi connectivity index (χ1v) is 23.7. The van der Waals surface area contributed by atoms with Crippen molar-refractivity contribution in [3.05, 3.63) is 197 Å². The molecule has 69 heavy (non-hydrogen) atoms. The summed E-state index contributed by atoms with van der Waals surface area (Å²) >= 11 is 0. The SMILES string of the molecule is COc1ccc(C(OC[C@H]2O[C@@H](n3cc(C)c(=O)[nH]c3=O)C[C@@H]2OP(=O)(OCCc2ccncc2)OC[C@H]2O[C@@H](n3cc(C)c(=O)[nH]c3=O)C[C@@H]2OC(C)=O)(c2ccccc2)c2ccccc2)cc1. The van der Waals surface area contributed by atoms with E-state index in [1.54, 1.807) is 38.6 Å². The molecule has 362 valence electrons. The zero-order valence-corrected chi connectivity index (χ0v) is 39.2. The first-order chi connectivity index (χ1) is 33.2. The molecule has 7 atom stereocenters. The first-order valence-electron chi connectivity index (χ1n) is 22.2. The van der Waals surface area contributed by atoms with E-state index in [0.717, 1.165) is 22.3 Å². The van der Waals surface area contributed by atoms with Crippen LogP contribution in [0.2, 0.25) is 0 Å². The average Bonchev–Trinajstić information content (AvgIpc) is 3.94. The van der Waals surface area contributed by atoms with Crippen molar-refractivity contribution in [1.82, 2.24) is 24.1 Å². The molecular weight excluding hydrogens is 914 g/mol. The predicted octanol–water partition coefficient (Wildman–Crippen LogP) is 5.39.